The van der Waals surface area contributed by atoms with Crippen molar-refractivity contribution in [3.63, 3.8) is 0 Å². The molecule has 1 aliphatic rings. The van der Waals surface area contributed by atoms with Crippen LogP contribution in [0.25, 0.3) is 0 Å². The van der Waals surface area contributed by atoms with Gasteiger partial charge in [-0.3, -0.25) is 0 Å². The molecular formula is C11H12BrNO3S. The monoisotopic (exact) mass is 317 g/mol. The molecular weight excluding hydrogens is 306 g/mol. The van der Waals surface area contributed by atoms with Crippen molar-refractivity contribution in [2.75, 3.05) is 20.2 Å². The topological polar surface area (TPSA) is 46.6 Å². The van der Waals surface area contributed by atoms with Crippen LogP contribution in [0.15, 0.2) is 39.7 Å². The highest BCUT2D eigenvalue weighted by Crippen LogP contribution is 2.30. The van der Waals surface area contributed by atoms with Crippen LogP contribution in [0.4, 0.5) is 0 Å². The van der Waals surface area contributed by atoms with Gasteiger partial charge in [0.25, 0.3) is 0 Å². The summed E-state index contributed by atoms with van der Waals surface area (Å²) in [4.78, 5) is 0.193. The van der Waals surface area contributed by atoms with Crippen LogP contribution in [0.3, 0.4) is 0 Å². The Bertz CT molecular complexity index is 546. The molecule has 1 aliphatic heterocycles. The minimum Gasteiger partial charge on any atom is -0.495 e. The van der Waals surface area contributed by atoms with Gasteiger partial charge in [0.05, 0.1) is 7.11 Å². The van der Waals surface area contributed by atoms with Gasteiger partial charge in [-0.05, 0) is 18.2 Å². The minimum atomic E-state index is -3.49. The maximum absolute atomic E-state index is 12.4. The quantitative estimate of drug-likeness (QED) is 0.801. The first kappa shape index (κ1) is 12.6. The van der Waals surface area contributed by atoms with Crippen LogP contribution in [0.1, 0.15) is 0 Å². The number of hydrogen-bond donors (Lipinski definition) is 0. The molecule has 0 atom stereocenters. The highest BCUT2D eigenvalue weighted by molar-refractivity contribution is 9.10. The summed E-state index contributed by atoms with van der Waals surface area (Å²) in [6.45, 7) is 0.829. The second-order valence-electron chi connectivity index (χ2n) is 3.59. The van der Waals surface area contributed by atoms with E-state index in [0.29, 0.717) is 23.3 Å². The van der Waals surface area contributed by atoms with Crippen molar-refractivity contribution in [2.24, 2.45) is 0 Å². The number of hydrogen-bond acceptors (Lipinski definition) is 3. The molecule has 0 saturated carbocycles. The number of methoxy groups -OCH3 is 1. The van der Waals surface area contributed by atoms with Gasteiger partial charge in [0.2, 0.25) is 10.0 Å². The van der Waals surface area contributed by atoms with E-state index in [1.54, 1.807) is 18.2 Å². The Morgan fingerprint density at radius 2 is 1.94 bits per heavy atom. The second-order valence-corrected chi connectivity index (χ2v) is 6.41. The average Bonchev–Trinajstić information content (AvgIpc) is 2.83. The summed E-state index contributed by atoms with van der Waals surface area (Å²) in [7, 11) is -2.03. The molecule has 6 heteroatoms. The molecule has 1 aromatic rings. The molecule has 1 heterocycles. The molecule has 0 bridgehead atoms. The lowest BCUT2D eigenvalue weighted by Gasteiger charge is -2.17. The highest BCUT2D eigenvalue weighted by atomic mass is 79.9. The molecule has 92 valence electrons. The molecule has 0 radical (unpaired) electrons. The van der Waals surface area contributed by atoms with Crippen LogP contribution in [0.2, 0.25) is 0 Å². The van der Waals surface area contributed by atoms with E-state index in [2.05, 4.69) is 15.9 Å². The van der Waals surface area contributed by atoms with Crippen LogP contribution in [-0.2, 0) is 10.0 Å². The first-order valence-electron chi connectivity index (χ1n) is 5.04. The van der Waals surface area contributed by atoms with Gasteiger partial charge in [-0.2, -0.15) is 4.31 Å². The Morgan fingerprint density at radius 3 is 2.53 bits per heavy atom. The van der Waals surface area contributed by atoms with Crippen molar-refractivity contribution in [3.8, 4) is 5.75 Å². The van der Waals surface area contributed by atoms with E-state index in [9.17, 15) is 8.42 Å². The van der Waals surface area contributed by atoms with E-state index < -0.39 is 10.0 Å². The van der Waals surface area contributed by atoms with E-state index in [0.717, 1.165) is 0 Å². The third-order valence-corrected chi connectivity index (χ3v) is 4.87. The summed E-state index contributed by atoms with van der Waals surface area (Å²) in [5.74, 6) is 0.361. The van der Waals surface area contributed by atoms with E-state index >= 15 is 0 Å². The van der Waals surface area contributed by atoms with Crippen LogP contribution in [-0.4, -0.2) is 32.9 Å². The zero-order chi connectivity index (χ0) is 12.5. The van der Waals surface area contributed by atoms with Crippen molar-refractivity contribution < 1.29 is 13.2 Å². The van der Waals surface area contributed by atoms with E-state index in [1.807, 2.05) is 12.2 Å². The van der Waals surface area contributed by atoms with Crippen molar-refractivity contribution in [1.82, 2.24) is 4.31 Å². The van der Waals surface area contributed by atoms with Gasteiger partial charge < -0.3 is 4.74 Å². The predicted molar refractivity (Wildman–Crippen MR) is 68.6 cm³/mol. The second kappa shape index (κ2) is 4.80. The van der Waals surface area contributed by atoms with Gasteiger partial charge in [0.1, 0.15) is 10.6 Å². The van der Waals surface area contributed by atoms with Crippen LogP contribution in [0, 0.1) is 0 Å². The fraction of sp³-hybridized carbons (Fsp3) is 0.273. The number of halogens is 1. The SMILES string of the molecule is COc1ccc(Br)cc1S(=O)(=O)N1CC=CC1. The zero-order valence-electron chi connectivity index (χ0n) is 9.26. The van der Waals surface area contributed by atoms with Crippen molar-refractivity contribution in [3.05, 3.63) is 34.8 Å². The lowest BCUT2D eigenvalue weighted by Crippen LogP contribution is -2.28. The molecule has 0 amide bonds. The van der Waals surface area contributed by atoms with Gasteiger partial charge >= 0.3 is 0 Å². The fourth-order valence-electron chi connectivity index (χ4n) is 1.65. The molecule has 0 unspecified atom stereocenters. The van der Waals surface area contributed by atoms with E-state index in [1.165, 1.54) is 11.4 Å². The highest BCUT2D eigenvalue weighted by Gasteiger charge is 2.28. The Balaban J connectivity index is 2.48. The van der Waals surface area contributed by atoms with Crippen LogP contribution < -0.4 is 4.74 Å². The zero-order valence-corrected chi connectivity index (χ0v) is 11.7. The third kappa shape index (κ3) is 2.38. The Kier molecular flexibility index (Phi) is 3.56. The summed E-state index contributed by atoms with van der Waals surface area (Å²) in [6.07, 6.45) is 3.67. The van der Waals surface area contributed by atoms with Crippen molar-refractivity contribution in [1.29, 1.82) is 0 Å². The normalized spacial score (nSPS) is 16.4. The van der Waals surface area contributed by atoms with E-state index in [-0.39, 0.29) is 4.90 Å². The van der Waals surface area contributed by atoms with Crippen molar-refractivity contribution >= 4 is 26.0 Å². The van der Waals surface area contributed by atoms with Crippen molar-refractivity contribution in [2.45, 2.75) is 4.90 Å². The number of ether oxygens (including phenoxy) is 1. The maximum Gasteiger partial charge on any atom is 0.247 e. The largest absolute Gasteiger partial charge is 0.495 e. The summed E-state index contributed by atoms with van der Waals surface area (Å²) < 4.78 is 31.9. The van der Waals surface area contributed by atoms with E-state index in [4.69, 9.17) is 4.74 Å². The molecule has 4 nitrogen and oxygen atoms in total. The van der Waals surface area contributed by atoms with Crippen LogP contribution >= 0.6 is 15.9 Å². The summed E-state index contributed by atoms with van der Waals surface area (Å²) in [5.41, 5.74) is 0. The molecule has 0 saturated heterocycles. The summed E-state index contributed by atoms with van der Waals surface area (Å²) in [5, 5.41) is 0. The summed E-state index contributed by atoms with van der Waals surface area (Å²) in [6, 6.07) is 4.95. The number of sulfonamides is 1. The number of nitrogens with zero attached hydrogens (tertiary/aromatic N) is 1. The molecule has 0 spiro atoms. The molecule has 0 aromatic heterocycles. The maximum atomic E-state index is 12.4. The molecule has 2 rings (SSSR count). The minimum absolute atomic E-state index is 0.193. The molecule has 17 heavy (non-hydrogen) atoms. The van der Waals surface area contributed by atoms with Crippen LogP contribution in [0.5, 0.6) is 5.75 Å². The Morgan fingerprint density at radius 1 is 1.29 bits per heavy atom. The van der Waals surface area contributed by atoms with Gasteiger partial charge in [0.15, 0.2) is 0 Å². The standard InChI is InChI=1S/C11H12BrNO3S/c1-16-10-5-4-9(12)8-11(10)17(14,15)13-6-2-3-7-13/h2-5,8H,6-7H2,1H3. The fourth-order valence-corrected chi connectivity index (χ4v) is 3.68. The van der Waals surface area contributed by atoms with Gasteiger partial charge in [-0.15, -0.1) is 0 Å². The van der Waals surface area contributed by atoms with Gasteiger partial charge in [-0.1, -0.05) is 28.1 Å². The third-order valence-electron chi connectivity index (χ3n) is 2.53. The Hall–Kier alpha value is -0.850. The molecule has 1 aromatic carbocycles. The Labute approximate surface area is 109 Å². The van der Waals surface area contributed by atoms with Gasteiger partial charge in [-0.25, -0.2) is 8.42 Å². The molecule has 0 aliphatic carbocycles. The first-order valence-corrected chi connectivity index (χ1v) is 7.27. The predicted octanol–water partition coefficient (Wildman–Crippen LogP) is 2.02. The lowest BCUT2D eigenvalue weighted by molar-refractivity contribution is 0.399. The smallest absolute Gasteiger partial charge is 0.247 e. The van der Waals surface area contributed by atoms with Gasteiger partial charge in [0, 0.05) is 17.6 Å². The number of benzene rings is 1. The first-order chi connectivity index (χ1) is 8.05. The molecule has 0 N–H and O–H groups in total. The average molecular weight is 318 g/mol. The molecule has 0 fully saturated rings. The number of rotatable bonds is 3. The summed E-state index contributed by atoms with van der Waals surface area (Å²) >= 11 is 3.27. The lowest BCUT2D eigenvalue weighted by atomic mass is 10.3.